The maximum atomic E-state index is 14.7. The second kappa shape index (κ2) is 12.3. The maximum absolute atomic E-state index is 14.7. The molecule has 3 rings (SSSR count). The van der Waals surface area contributed by atoms with E-state index in [4.69, 9.17) is 4.74 Å². The number of hydrogen-bond acceptors (Lipinski definition) is 6. The quantitative estimate of drug-likeness (QED) is 0.426. The SMILES string of the molecule is CCC/C=C/c1ccc(N2CCN(S(=O)(=O)C3(C(=O)OC(C)(C)C)CCN(CCC)CC3)CC2)cc1F. The Hall–Kier alpha value is -1.97. The van der Waals surface area contributed by atoms with Gasteiger partial charge in [0.2, 0.25) is 10.0 Å². The Morgan fingerprint density at radius 2 is 1.70 bits per heavy atom. The molecule has 0 amide bonds. The minimum Gasteiger partial charge on any atom is -0.459 e. The summed E-state index contributed by atoms with van der Waals surface area (Å²) in [5.41, 5.74) is 0.505. The molecule has 7 nitrogen and oxygen atoms in total. The number of likely N-dealkylation sites (tertiary alicyclic amines) is 1. The molecule has 0 aromatic heterocycles. The van der Waals surface area contributed by atoms with Crippen LogP contribution in [0.1, 0.15) is 72.3 Å². The summed E-state index contributed by atoms with van der Waals surface area (Å²) in [5.74, 6) is -0.935. The van der Waals surface area contributed by atoms with Crippen molar-refractivity contribution < 1.29 is 22.3 Å². The van der Waals surface area contributed by atoms with Crippen molar-refractivity contribution >= 4 is 27.8 Å². The fraction of sp³-hybridized carbons (Fsp3) is 0.679. The van der Waals surface area contributed by atoms with Gasteiger partial charge in [-0.25, -0.2) is 12.8 Å². The molecule has 1 aromatic carbocycles. The van der Waals surface area contributed by atoms with Crippen molar-refractivity contribution in [2.45, 2.75) is 77.1 Å². The Labute approximate surface area is 222 Å². The van der Waals surface area contributed by atoms with Crippen molar-refractivity contribution in [3.63, 3.8) is 0 Å². The van der Waals surface area contributed by atoms with Crippen LogP contribution in [-0.2, 0) is 19.6 Å². The van der Waals surface area contributed by atoms with Crippen LogP contribution in [0.15, 0.2) is 24.3 Å². The molecule has 0 bridgehead atoms. The van der Waals surface area contributed by atoms with Gasteiger partial charge in [-0.05, 0) is 71.2 Å². The molecular formula is C28H44FN3O4S. The van der Waals surface area contributed by atoms with Gasteiger partial charge in [-0.15, -0.1) is 0 Å². The van der Waals surface area contributed by atoms with E-state index in [0.717, 1.165) is 31.5 Å². The normalized spacial score (nSPS) is 19.9. The molecule has 0 spiro atoms. The summed E-state index contributed by atoms with van der Waals surface area (Å²) >= 11 is 0. The highest BCUT2D eigenvalue weighted by Crippen LogP contribution is 2.37. The molecule has 0 aliphatic carbocycles. The average molecular weight is 538 g/mol. The summed E-state index contributed by atoms with van der Waals surface area (Å²) in [6.45, 7) is 12.8. The number of allylic oxidation sites excluding steroid dienone is 1. The number of nitrogens with zero attached hydrogens (tertiary/aromatic N) is 3. The van der Waals surface area contributed by atoms with E-state index in [-0.39, 0.29) is 31.7 Å². The van der Waals surface area contributed by atoms with Crippen LogP contribution in [0.4, 0.5) is 10.1 Å². The smallest absolute Gasteiger partial charge is 0.329 e. The number of piperazine rings is 1. The van der Waals surface area contributed by atoms with Gasteiger partial charge in [0, 0.05) is 50.5 Å². The summed E-state index contributed by atoms with van der Waals surface area (Å²) in [7, 11) is -3.97. The third kappa shape index (κ3) is 6.92. The minimum absolute atomic E-state index is 0.225. The van der Waals surface area contributed by atoms with Crippen LogP contribution < -0.4 is 4.90 Å². The first-order valence-corrected chi connectivity index (χ1v) is 15.0. The first-order valence-electron chi connectivity index (χ1n) is 13.6. The highest BCUT2D eigenvalue weighted by molar-refractivity contribution is 7.91. The van der Waals surface area contributed by atoms with Crippen molar-refractivity contribution in [3.8, 4) is 0 Å². The van der Waals surface area contributed by atoms with E-state index in [9.17, 15) is 17.6 Å². The summed E-state index contributed by atoms with van der Waals surface area (Å²) < 4.78 is 48.3. The molecule has 2 aliphatic rings. The standard InChI is InChI=1S/C28H44FN3O4S/c1-6-8-9-10-23-11-12-24(22-25(23)29)31-18-20-32(21-19-31)37(34,35)28(26(33)36-27(3,4)5)13-16-30(15-7-2)17-14-28/h9-12,22H,6-8,13-21H2,1-5H3/b10-9+. The van der Waals surface area contributed by atoms with Gasteiger partial charge in [0.05, 0.1) is 0 Å². The second-order valence-corrected chi connectivity index (χ2v) is 13.4. The molecule has 1 aromatic rings. The summed E-state index contributed by atoms with van der Waals surface area (Å²) in [6, 6.07) is 5.16. The van der Waals surface area contributed by atoms with Gasteiger partial charge >= 0.3 is 5.97 Å². The van der Waals surface area contributed by atoms with Crippen molar-refractivity contribution in [1.82, 2.24) is 9.21 Å². The lowest BCUT2D eigenvalue weighted by Crippen LogP contribution is -2.62. The molecule has 2 fully saturated rings. The van der Waals surface area contributed by atoms with Crippen LogP contribution in [0.5, 0.6) is 0 Å². The van der Waals surface area contributed by atoms with E-state index in [2.05, 4.69) is 18.7 Å². The molecule has 0 N–H and O–H groups in total. The highest BCUT2D eigenvalue weighted by Gasteiger charge is 2.56. The topological polar surface area (TPSA) is 70.2 Å². The van der Waals surface area contributed by atoms with Gasteiger partial charge in [-0.2, -0.15) is 4.31 Å². The van der Waals surface area contributed by atoms with Crippen LogP contribution in [0.25, 0.3) is 6.08 Å². The Bertz CT molecular complexity index is 1050. The summed E-state index contributed by atoms with van der Waals surface area (Å²) in [5, 5.41) is 0. The molecule has 0 saturated carbocycles. The Morgan fingerprint density at radius 3 is 2.24 bits per heavy atom. The van der Waals surface area contributed by atoms with Crippen molar-refractivity contribution in [1.29, 1.82) is 0 Å². The lowest BCUT2D eigenvalue weighted by atomic mass is 9.95. The van der Waals surface area contributed by atoms with E-state index < -0.39 is 26.3 Å². The van der Waals surface area contributed by atoms with E-state index in [0.29, 0.717) is 31.7 Å². The fourth-order valence-electron chi connectivity index (χ4n) is 5.05. The predicted octanol–water partition coefficient (Wildman–Crippen LogP) is 4.68. The average Bonchev–Trinajstić information content (AvgIpc) is 2.84. The highest BCUT2D eigenvalue weighted by atomic mass is 32.2. The molecule has 2 aliphatic heterocycles. The van der Waals surface area contributed by atoms with Crippen LogP contribution in [-0.4, -0.2) is 79.8 Å². The number of unbranched alkanes of at least 4 members (excludes halogenated alkanes) is 1. The zero-order valence-corrected chi connectivity index (χ0v) is 23.9. The number of anilines is 1. The predicted molar refractivity (Wildman–Crippen MR) is 148 cm³/mol. The van der Waals surface area contributed by atoms with Crippen molar-refractivity contribution in [2.75, 3.05) is 50.7 Å². The number of piperidine rings is 1. The second-order valence-electron chi connectivity index (χ2n) is 11.1. The van der Waals surface area contributed by atoms with Crippen LogP contribution in [0.3, 0.4) is 0 Å². The van der Waals surface area contributed by atoms with Gasteiger partial charge < -0.3 is 14.5 Å². The van der Waals surface area contributed by atoms with Gasteiger partial charge in [0.15, 0.2) is 4.75 Å². The Balaban J connectivity index is 1.75. The van der Waals surface area contributed by atoms with E-state index in [1.807, 2.05) is 17.0 Å². The molecule has 9 heteroatoms. The number of hydrogen-bond donors (Lipinski definition) is 0. The van der Waals surface area contributed by atoms with Gasteiger partial charge in [0.25, 0.3) is 0 Å². The number of halogens is 1. The number of carbonyl (C=O) groups is 1. The number of carbonyl (C=O) groups excluding carboxylic acids is 1. The third-order valence-corrected chi connectivity index (χ3v) is 9.76. The van der Waals surface area contributed by atoms with Crippen molar-refractivity contribution in [3.05, 3.63) is 35.7 Å². The molecule has 0 atom stereocenters. The zero-order chi connectivity index (χ0) is 27.3. The van der Waals surface area contributed by atoms with Gasteiger partial charge in [0.1, 0.15) is 11.4 Å². The number of rotatable bonds is 9. The van der Waals surface area contributed by atoms with E-state index in [1.165, 1.54) is 10.4 Å². The third-order valence-electron chi connectivity index (χ3n) is 7.15. The van der Waals surface area contributed by atoms with Gasteiger partial charge in [-0.3, -0.25) is 4.79 Å². The lowest BCUT2D eigenvalue weighted by Gasteiger charge is -2.44. The largest absolute Gasteiger partial charge is 0.459 e. The minimum atomic E-state index is -3.97. The molecular weight excluding hydrogens is 493 g/mol. The van der Waals surface area contributed by atoms with Crippen LogP contribution in [0.2, 0.25) is 0 Å². The van der Waals surface area contributed by atoms with E-state index in [1.54, 1.807) is 32.9 Å². The number of sulfonamides is 1. The van der Waals surface area contributed by atoms with Crippen LogP contribution in [0, 0.1) is 5.82 Å². The fourth-order valence-corrected chi connectivity index (χ4v) is 7.14. The zero-order valence-electron chi connectivity index (χ0n) is 23.1. The number of benzene rings is 1. The van der Waals surface area contributed by atoms with E-state index >= 15 is 0 Å². The molecule has 37 heavy (non-hydrogen) atoms. The summed E-state index contributed by atoms with van der Waals surface area (Å²) in [6.07, 6.45) is 7.11. The molecule has 208 valence electrons. The van der Waals surface area contributed by atoms with Crippen molar-refractivity contribution in [2.24, 2.45) is 0 Å². The Kier molecular flexibility index (Phi) is 9.80. The summed E-state index contributed by atoms with van der Waals surface area (Å²) in [4.78, 5) is 17.6. The molecule has 0 radical (unpaired) electrons. The lowest BCUT2D eigenvalue weighted by molar-refractivity contribution is -0.159. The number of ether oxygens (including phenoxy) is 1. The first-order chi connectivity index (χ1) is 17.4. The number of esters is 1. The first kappa shape index (κ1) is 29.6. The molecule has 2 heterocycles. The van der Waals surface area contributed by atoms with Gasteiger partial charge in [-0.1, -0.05) is 32.4 Å². The Morgan fingerprint density at radius 1 is 1.05 bits per heavy atom. The monoisotopic (exact) mass is 537 g/mol. The molecule has 2 saturated heterocycles. The van der Waals surface area contributed by atoms with Crippen LogP contribution >= 0.6 is 0 Å². The molecule has 0 unspecified atom stereocenters. The maximum Gasteiger partial charge on any atom is 0.329 e.